The Morgan fingerprint density at radius 2 is 2.15 bits per heavy atom. The van der Waals surface area contributed by atoms with Crippen molar-refractivity contribution in [2.45, 2.75) is 44.1 Å². The number of carbonyl (C=O) groups excluding carboxylic acids is 1. The van der Waals surface area contributed by atoms with Gasteiger partial charge in [-0.2, -0.15) is 5.10 Å². The van der Waals surface area contributed by atoms with Crippen molar-refractivity contribution in [2.24, 2.45) is 0 Å². The second-order valence-corrected chi connectivity index (χ2v) is 6.46. The Morgan fingerprint density at radius 3 is 2.90 bits per heavy atom. The minimum atomic E-state index is 0.0793. The summed E-state index contributed by atoms with van der Waals surface area (Å²) in [6.45, 7) is 0. The number of hydrogen-bond donors (Lipinski definition) is 1. The largest absolute Gasteiger partial charge is 0.311 e. The summed E-state index contributed by atoms with van der Waals surface area (Å²) in [6, 6.07) is 0.444. The van der Waals surface area contributed by atoms with E-state index in [-0.39, 0.29) is 11.8 Å². The van der Waals surface area contributed by atoms with E-state index < -0.39 is 0 Å². The lowest BCUT2D eigenvalue weighted by molar-refractivity contribution is -0.116. The number of fused-ring (bicyclic) bond motifs is 1. The van der Waals surface area contributed by atoms with E-state index in [1.165, 1.54) is 12.8 Å². The quantitative estimate of drug-likeness (QED) is 0.924. The summed E-state index contributed by atoms with van der Waals surface area (Å²) >= 11 is 1.61. The van der Waals surface area contributed by atoms with E-state index in [0.717, 1.165) is 29.1 Å². The summed E-state index contributed by atoms with van der Waals surface area (Å²) in [6.07, 6.45) is 9.12. The first-order valence-electron chi connectivity index (χ1n) is 7.08. The van der Waals surface area contributed by atoms with E-state index >= 15 is 0 Å². The van der Waals surface area contributed by atoms with E-state index in [0.29, 0.717) is 12.5 Å². The highest BCUT2D eigenvalue weighted by Gasteiger charge is 2.32. The number of anilines is 1. The number of amides is 1. The van der Waals surface area contributed by atoms with Crippen LogP contribution in [0.4, 0.5) is 5.82 Å². The predicted molar refractivity (Wildman–Crippen MR) is 76.9 cm³/mol. The van der Waals surface area contributed by atoms with Gasteiger partial charge in [-0.15, -0.1) is 11.3 Å². The number of thiazole rings is 1. The molecule has 5 nitrogen and oxygen atoms in total. The zero-order valence-corrected chi connectivity index (χ0v) is 11.9. The van der Waals surface area contributed by atoms with Gasteiger partial charge in [0.25, 0.3) is 0 Å². The van der Waals surface area contributed by atoms with Gasteiger partial charge in [-0.3, -0.25) is 9.78 Å². The Kier molecular flexibility index (Phi) is 2.84. The number of nitrogens with zero attached hydrogens (tertiary/aromatic N) is 3. The molecular formula is C14H16N4OS. The second-order valence-electron chi connectivity index (χ2n) is 5.54. The Labute approximate surface area is 121 Å². The average Bonchev–Trinajstić information content (AvgIpc) is 3.18. The van der Waals surface area contributed by atoms with Crippen LogP contribution in [0.3, 0.4) is 0 Å². The molecule has 0 radical (unpaired) electrons. The van der Waals surface area contributed by atoms with Crippen LogP contribution in [0.1, 0.15) is 54.5 Å². The van der Waals surface area contributed by atoms with E-state index in [9.17, 15) is 4.79 Å². The first-order valence-corrected chi connectivity index (χ1v) is 7.96. The smallest absolute Gasteiger partial charge is 0.226 e. The van der Waals surface area contributed by atoms with Crippen molar-refractivity contribution in [1.29, 1.82) is 0 Å². The van der Waals surface area contributed by atoms with Gasteiger partial charge in [0, 0.05) is 29.0 Å². The van der Waals surface area contributed by atoms with Crippen LogP contribution < -0.4 is 5.32 Å². The van der Waals surface area contributed by atoms with Gasteiger partial charge < -0.3 is 5.32 Å². The molecule has 20 heavy (non-hydrogen) atoms. The number of aromatic nitrogens is 3. The highest BCUT2D eigenvalue weighted by atomic mass is 32.1. The van der Waals surface area contributed by atoms with Crippen LogP contribution in [0.15, 0.2) is 17.9 Å². The third-order valence-corrected chi connectivity index (χ3v) is 5.20. The molecule has 0 saturated heterocycles. The number of rotatable bonds is 2. The summed E-state index contributed by atoms with van der Waals surface area (Å²) in [5.41, 5.74) is 2.96. The molecule has 6 heteroatoms. The maximum absolute atomic E-state index is 12.0. The molecule has 1 aliphatic carbocycles. The van der Waals surface area contributed by atoms with Crippen LogP contribution in [-0.2, 0) is 4.79 Å². The molecule has 0 aromatic carbocycles. The summed E-state index contributed by atoms with van der Waals surface area (Å²) in [5, 5.41) is 7.58. The van der Waals surface area contributed by atoms with Crippen LogP contribution >= 0.6 is 11.3 Å². The van der Waals surface area contributed by atoms with Gasteiger partial charge in [-0.1, -0.05) is 12.8 Å². The maximum Gasteiger partial charge on any atom is 0.226 e. The van der Waals surface area contributed by atoms with Crippen molar-refractivity contribution in [3.63, 3.8) is 0 Å². The standard InChI is InChI=1S/C14H16N4OS/c19-13-5-10(12-7-15-8-20-12)11-6-16-18(14(11)17-13)9-3-1-2-4-9/h6-10H,1-5H2,(H,17,19). The molecule has 104 valence electrons. The third kappa shape index (κ3) is 1.86. The molecule has 1 fully saturated rings. The van der Waals surface area contributed by atoms with Crippen LogP contribution in [0, 0.1) is 0 Å². The molecular weight excluding hydrogens is 272 g/mol. The summed E-state index contributed by atoms with van der Waals surface area (Å²) in [7, 11) is 0. The van der Waals surface area contributed by atoms with Crippen molar-refractivity contribution in [2.75, 3.05) is 5.32 Å². The molecule has 1 N–H and O–H groups in total. The van der Waals surface area contributed by atoms with Gasteiger partial charge in [-0.25, -0.2) is 4.68 Å². The zero-order valence-electron chi connectivity index (χ0n) is 11.1. The second kappa shape index (κ2) is 4.70. The van der Waals surface area contributed by atoms with E-state index in [1.807, 2.05) is 22.6 Å². The minimum Gasteiger partial charge on any atom is -0.311 e. The fourth-order valence-corrected chi connectivity index (χ4v) is 4.06. The van der Waals surface area contributed by atoms with Crippen LogP contribution in [0.2, 0.25) is 0 Å². The topological polar surface area (TPSA) is 59.8 Å². The van der Waals surface area contributed by atoms with Crippen molar-refractivity contribution < 1.29 is 4.79 Å². The molecule has 1 unspecified atom stereocenters. The van der Waals surface area contributed by atoms with Gasteiger partial charge in [0.05, 0.1) is 17.7 Å². The first-order chi connectivity index (χ1) is 9.83. The number of nitrogens with one attached hydrogen (secondary N) is 1. The molecule has 0 spiro atoms. The van der Waals surface area contributed by atoms with Gasteiger partial charge in [0.1, 0.15) is 5.82 Å². The molecule has 1 atom stereocenters. The molecule has 3 heterocycles. The maximum atomic E-state index is 12.0. The molecule has 1 amide bonds. The molecule has 4 rings (SSSR count). The Hall–Kier alpha value is -1.69. The number of carbonyl (C=O) groups is 1. The van der Waals surface area contributed by atoms with Crippen molar-refractivity contribution in [3.05, 3.63) is 28.3 Å². The zero-order chi connectivity index (χ0) is 13.5. The monoisotopic (exact) mass is 288 g/mol. The molecule has 2 aromatic rings. The summed E-state index contributed by atoms with van der Waals surface area (Å²) in [4.78, 5) is 17.3. The van der Waals surface area contributed by atoms with Gasteiger partial charge >= 0.3 is 0 Å². The lowest BCUT2D eigenvalue weighted by Crippen LogP contribution is -2.25. The molecule has 1 aliphatic heterocycles. The van der Waals surface area contributed by atoms with Crippen molar-refractivity contribution >= 4 is 23.1 Å². The minimum absolute atomic E-state index is 0.0793. The summed E-state index contributed by atoms with van der Waals surface area (Å²) < 4.78 is 2.04. The predicted octanol–water partition coefficient (Wildman–Crippen LogP) is 2.93. The molecule has 0 bridgehead atoms. The highest BCUT2D eigenvalue weighted by Crippen LogP contribution is 2.41. The van der Waals surface area contributed by atoms with Crippen molar-refractivity contribution in [3.8, 4) is 0 Å². The van der Waals surface area contributed by atoms with Gasteiger partial charge in [0.15, 0.2) is 0 Å². The van der Waals surface area contributed by atoms with Crippen molar-refractivity contribution in [1.82, 2.24) is 14.8 Å². The Morgan fingerprint density at radius 1 is 1.30 bits per heavy atom. The Balaban J connectivity index is 1.76. The molecule has 1 saturated carbocycles. The molecule has 2 aliphatic rings. The Bertz CT molecular complexity index is 628. The van der Waals surface area contributed by atoms with Crippen LogP contribution in [0.25, 0.3) is 0 Å². The molecule has 2 aromatic heterocycles. The van der Waals surface area contributed by atoms with E-state index in [1.54, 1.807) is 11.3 Å². The van der Waals surface area contributed by atoms with Gasteiger partial charge in [-0.05, 0) is 12.8 Å². The normalized spacial score (nSPS) is 22.8. The van der Waals surface area contributed by atoms with Crippen LogP contribution in [0.5, 0.6) is 0 Å². The lowest BCUT2D eigenvalue weighted by Gasteiger charge is -2.24. The third-order valence-electron chi connectivity index (χ3n) is 4.31. The van der Waals surface area contributed by atoms with Gasteiger partial charge in [0.2, 0.25) is 5.91 Å². The fraction of sp³-hybridized carbons (Fsp3) is 0.500. The van der Waals surface area contributed by atoms with E-state index in [2.05, 4.69) is 15.4 Å². The lowest BCUT2D eigenvalue weighted by atomic mass is 9.93. The summed E-state index contributed by atoms with van der Waals surface area (Å²) in [5.74, 6) is 1.10. The highest BCUT2D eigenvalue weighted by molar-refractivity contribution is 7.09. The van der Waals surface area contributed by atoms with E-state index in [4.69, 9.17) is 0 Å². The SMILES string of the molecule is O=C1CC(c2cncs2)c2cnn(C3CCCC3)c2N1. The first kappa shape index (κ1) is 12.1. The average molecular weight is 288 g/mol. The van der Waals surface area contributed by atoms with Crippen LogP contribution in [-0.4, -0.2) is 20.7 Å². The fourth-order valence-electron chi connectivity index (χ4n) is 3.32. The number of hydrogen-bond acceptors (Lipinski definition) is 4.